The maximum atomic E-state index is 12.1. The Labute approximate surface area is 189 Å². The highest BCUT2D eigenvalue weighted by atomic mass is 16.7. The van der Waals surface area contributed by atoms with Crippen LogP contribution in [0.3, 0.4) is 0 Å². The first-order valence-electron chi connectivity index (χ1n) is 10.6. The third-order valence-corrected chi connectivity index (χ3v) is 5.91. The Kier molecular flexibility index (Phi) is 5.56. The SMILES string of the molecule is COc1c2c(cc3c1[C@@H](c1nnnn1-c1ccc(C(=O)NCCO)cc1)N(C)CC3)OCO2. The molecule has 33 heavy (non-hydrogen) atoms. The minimum atomic E-state index is -0.277. The molecular formula is C22H24N6O5. The molecule has 1 atom stereocenters. The zero-order valence-electron chi connectivity index (χ0n) is 18.3. The number of fused-ring (bicyclic) bond motifs is 2. The van der Waals surface area contributed by atoms with Crippen molar-refractivity contribution in [3.05, 3.63) is 52.8 Å². The van der Waals surface area contributed by atoms with E-state index in [1.807, 2.05) is 13.1 Å². The Morgan fingerprint density at radius 1 is 1.30 bits per heavy atom. The van der Waals surface area contributed by atoms with Crippen molar-refractivity contribution in [3.63, 3.8) is 0 Å². The van der Waals surface area contributed by atoms with Gasteiger partial charge < -0.3 is 24.6 Å². The molecule has 2 N–H and O–H groups in total. The van der Waals surface area contributed by atoms with Gasteiger partial charge in [-0.25, -0.2) is 0 Å². The molecule has 11 heteroatoms. The van der Waals surface area contributed by atoms with E-state index in [1.165, 1.54) is 0 Å². The first-order chi connectivity index (χ1) is 16.1. The third-order valence-electron chi connectivity index (χ3n) is 5.91. The van der Waals surface area contributed by atoms with Crippen LogP contribution in [-0.2, 0) is 6.42 Å². The van der Waals surface area contributed by atoms with Crippen LogP contribution < -0.4 is 19.5 Å². The molecule has 0 saturated heterocycles. The van der Waals surface area contributed by atoms with Crippen molar-refractivity contribution in [2.24, 2.45) is 0 Å². The number of ether oxygens (including phenoxy) is 3. The summed E-state index contributed by atoms with van der Waals surface area (Å²) in [5, 5.41) is 24.1. The van der Waals surface area contributed by atoms with Gasteiger partial charge in [0.1, 0.15) is 6.04 Å². The molecule has 0 radical (unpaired) electrons. The molecule has 1 aromatic heterocycles. The lowest BCUT2D eigenvalue weighted by Crippen LogP contribution is -2.35. The van der Waals surface area contributed by atoms with Crippen LogP contribution in [0.15, 0.2) is 30.3 Å². The number of aliphatic hydroxyl groups excluding tert-OH is 1. The first-order valence-corrected chi connectivity index (χ1v) is 10.6. The molecule has 0 saturated carbocycles. The standard InChI is InChI=1S/C22H24N6O5/c1-27-9-7-14-11-16-19(33-12-32-16)20(31-2)17(14)18(27)21-24-25-26-28(21)15-5-3-13(4-6-15)22(30)23-8-10-29/h3-6,11,18,29H,7-10,12H2,1-2H3,(H,23,30)/t18-/m0/s1. The van der Waals surface area contributed by atoms with Crippen LogP contribution in [0.5, 0.6) is 17.2 Å². The van der Waals surface area contributed by atoms with Crippen molar-refractivity contribution in [2.75, 3.05) is 40.6 Å². The second-order valence-corrected chi connectivity index (χ2v) is 7.82. The molecule has 3 heterocycles. The van der Waals surface area contributed by atoms with Gasteiger partial charge in [0, 0.05) is 24.2 Å². The number of benzene rings is 2. The predicted molar refractivity (Wildman–Crippen MR) is 116 cm³/mol. The molecule has 0 fully saturated rings. The zero-order chi connectivity index (χ0) is 22.9. The monoisotopic (exact) mass is 452 g/mol. The molecule has 0 unspecified atom stereocenters. The lowest BCUT2D eigenvalue weighted by atomic mass is 9.90. The van der Waals surface area contributed by atoms with E-state index in [9.17, 15) is 4.79 Å². The van der Waals surface area contributed by atoms with Crippen molar-refractivity contribution >= 4 is 5.91 Å². The zero-order valence-corrected chi connectivity index (χ0v) is 18.3. The number of nitrogens with one attached hydrogen (secondary N) is 1. The van der Waals surface area contributed by atoms with E-state index in [2.05, 4.69) is 25.7 Å². The maximum Gasteiger partial charge on any atom is 0.251 e. The molecule has 0 spiro atoms. The fourth-order valence-electron chi connectivity index (χ4n) is 4.33. The van der Waals surface area contributed by atoms with E-state index in [4.69, 9.17) is 19.3 Å². The van der Waals surface area contributed by atoms with E-state index < -0.39 is 0 Å². The number of tetrazole rings is 1. The Balaban J connectivity index is 1.54. The number of carbonyl (C=O) groups is 1. The number of amides is 1. The molecular weight excluding hydrogens is 428 g/mol. The molecule has 1 amide bonds. The number of rotatable bonds is 6. The van der Waals surface area contributed by atoms with Crippen LogP contribution >= 0.6 is 0 Å². The summed E-state index contributed by atoms with van der Waals surface area (Å²) in [7, 11) is 3.64. The van der Waals surface area contributed by atoms with Gasteiger partial charge in [0.15, 0.2) is 17.3 Å². The molecule has 2 aromatic carbocycles. The average Bonchev–Trinajstić information content (AvgIpc) is 3.51. The smallest absolute Gasteiger partial charge is 0.251 e. The highest BCUT2D eigenvalue weighted by molar-refractivity contribution is 5.94. The summed E-state index contributed by atoms with van der Waals surface area (Å²) >= 11 is 0. The summed E-state index contributed by atoms with van der Waals surface area (Å²) in [6.07, 6.45) is 0.828. The van der Waals surface area contributed by atoms with E-state index >= 15 is 0 Å². The van der Waals surface area contributed by atoms with Crippen LogP contribution in [-0.4, -0.2) is 76.8 Å². The lowest BCUT2D eigenvalue weighted by molar-refractivity contribution is 0.0944. The summed E-state index contributed by atoms with van der Waals surface area (Å²) in [6.45, 7) is 1.05. The van der Waals surface area contributed by atoms with Crippen molar-refractivity contribution in [1.82, 2.24) is 30.4 Å². The number of aromatic nitrogens is 4. The number of hydrogen-bond donors (Lipinski definition) is 2. The largest absolute Gasteiger partial charge is 0.492 e. The fraction of sp³-hybridized carbons (Fsp3) is 0.364. The number of nitrogens with zero attached hydrogens (tertiary/aromatic N) is 5. The van der Waals surface area contributed by atoms with Crippen LogP contribution in [0.4, 0.5) is 0 Å². The van der Waals surface area contributed by atoms with Gasteiger partial charge in [-0.3, -0.25) is 9.69 Å². The second-order valence-electron chi connectivity index (χ2n) is 7.82. The number of hydrogen-bond acceptors (Lipinski definition) is 9. The summed E-state index contributed by atoms with van der Waals surface area (Å²) < 4.78 is 18.7. The van der Waals surface area contributed by atoms with Crippen LogP contribution in [0.25, 0.3) is 5.69 Å². The third kappa shape index (κ3) is 3.64. The van der Waals surface area contributed by atoms with E-state index in [-0.39, 0.29) is 31.9 Å². The lowest BCUT2D eigenvalue weighted by Gasteiger charge is -2.34. The highest BCUT2D eigenvalue weighted by Crippen LogP contribution is 2.50. The Bertz CT molecular complexity index is 1180. The molecule has 3 aromatic rings. The number of likely N-dealkylation sites (N-methyl/N-ethyl adjacent to an activating group) is 1. The Morgan fingerprint density at radius 2 is 2.12 bits per heavy atom. The quantitative estimate of drug-likeness (QED) is 0.556. The fourth-order valence-corrected chi connectivity index (χ4v) is 4.33. The Hall–Kier alpha value is -3.70. The molecule has 0 aliphatic carbocycles. The summed E-state index contributed by atoms with van der Waals surface area (Å²) in [6, 6.07) is 8.70. The van der Waals surface area contributed by atoms with Gasteiger partial charge >= 0.3 is 0 Å². The number of carbonyl (C=O) groups excluding carboxylic acids is 1. The van der Waals surface area contributed by atoms with Crippen LogP contribution in [0, 0.1) is 0 Å². The molecule has 2 aliphatic rings. The van der Waals surface area contributed by atoms with Gasteiger partial charge in [0.25, 0.3) is 5.91 Å². The maximum absolute atomic E-state index is 12.1. The molecule has 0 bridgehead atoms. The van der Waals surface area contributed by atoms with Gasteiger partial charge in [0.05, 0.1) is 19.4 Å². The summed E-state index contributed by atoms with van der Waals surface area (Å²) in [4.78, 5) is 14.3. The van der Waals surface area contributed by atoms with E-state index in [0.717, 1.165) is 24.1 Å². The molecule has 172 valence electrons. The minimum absolute atomic E-state index is 0.113. The van der Waals surface area contributed by atoms with Gasteiger partial charge in [-0.2, -0.15) is 4.68 Å². The number of aliphatic hydroxyl groups is 1. The predicted octanol–water partition coefficient (Wildman–Crippen LogP) is 0.699. The Morgan fingerprint density at radius 3 is 2.88 bits per heavy atom. The van der Waals surface area contributed by atoms with Crippen LogP contribution in [0.2, 0.25) is 0 Å². The molecule has 11 nitrogen and oxygen atoms in total. The van der Waals surface area contributed by atoms with Crippen molar-refractivity contribution in [3.8, 4) is 22.9 Å². The average molecular weight is 452 g/mol. The number of methoxy groups -OCH3 is 1. The summed E-state index contributed by atoms with van der Waals surface area (Å²) in [5.74, 6) is 2.27. The van der Waals surface area contributed by atoms with E-state index in [1.54, 1.807) is 36.1 Å². The van der Waals surface area contributed by atoms with Crippen molar-refractivity contribution < 1.29 is 24.1 Å². The van der Waals surface area contributed by atoms with Gasteiger partial charge in [0.2, 0.25) is 12.5 Å². The van der Waals surface area contributed by atoms with Crippen LogP contribution in [0.1, 0.15) is 33.4 Å². The van der Waals surface area contributed by atoms with Crippen molar-refractivity contribution in [2.45, 2.75) is 12.5 Å². The summed E-state index contributed by atoms with van der Waals surface area (Å²) in [5.41, 5.74) is 3.25. The molecule has 5 rings (SSSR count). The highest BCUT2D eigenvalue weighted by Gasteiger charge is 2.37. The topological polar surface area (TPSA) is 124 Å². The first kappa shape index (κ1) is 21.2. The normalized spacial score (nSPS) is 17.0. The second kappa shape index (κ2) is 8.68. The van der Waals surface area contributed by atoms with E-state index in [0.29, 0.717) is 34.3 Å². The van der Waals surface area contributed by atoms with Gasteiger partial charge in [-0.15, -0.1) is 5.10 Å². The van der Waals surface area contributed by atoms with Crippen molar-refractivity contribution in [1.29, 1.82) is 0 Å². The van der Waals surface area contributed by atoms with Gasteiger partial charge in [-0.05, 0) is 59.8 Å². The van der Waals surface area contributed by atoms with Gasteiger partial charge in [-0.1, -0.05) is 0 Å². The minimum Gasteiger partial charge on any atom is -0.492 e. The molecule has 2 aliphatic heterocycles.